The molecule has 0 unspecified atom stereocenters. The summed E-state index contributed by atoms with van der Waals surface area (Å²) in [5, 5.41) is 5.48. The Morgan fingerprint density at radius 3 is 2.84 bits per heavy atom. The maximum absolute atomic E-state index is 5.52. The van der Waals surface area contributed by atoms with E-state index in [2.05, 4.69) is 48.6 Å². The van der Waals surface area contributed by atoms with Gasteiger partial charge < -0.3 is 14.6 Å². The van der Waals surface area contributed by atoms with Crippen molar-refractivity contribution >= 4 is 17.4 Å². The van der Waals surface area contributed by atoms with Gasteiger partial charge >= 0.3 is 0 Å². The Hall–Kier alpha value is -1.33. The van der Waals surface area contributed by atoms with E-state index in [1.54, 1.807) is 17.6 Å². The van der Waals surface area contributed by atoms with Gasteiger partial charge in [-0.05, 0) is 32.2 Å². The zero-order valence-electron chi connectivity index (χ0n) is 11.9. The molecule has 0 aromatic carbocycles. The van der Waals surface area contributed by atoms with Crippen molar-refractivity contribution in [2.45, 2.75) is 39.4 Å². The predicted molar refractivity (Wildman–Crippen MR) is 79.5 cm³/mol. The van der Waals surface area contributed by atoms with Crippen LogP contribution in [0.5, 0.6) is 0 Å². The highest BCUT2D eigenvalue weighted by molar-refractivity contribution is 7.09. The third-order valence-corrected chi connectivity index (χ3v) is 3.50. The summed E-state index contributed by atoms with van der Waals surface area (Å²) in [4.78, 5) is 7.82. The van der Waals surface area contributed by atoms with Crippen molar-refractivity contribution in [3.8, 4) is 0 Å². The summed E-state index contributed by atoms with van der Waals surface area (Å²) in [5.74, 6) is 0. The molecule has 0 atom stereocenters. The molecule has 2 aromatic rings. The molecule has 0 amide bonds. The first-order chi connectivity index (χ1) is 8.94. The Bertz CT molecular complexity index is 499. The van der Waals surface area contributed by atoms with E-state index in [-0.39, 0.29) is 5.54 Å². The van der Waals surface area contributed by atoms with Crippen LogP contribution >= 0.6 is 11.3 Å². The number of nitrogens with one attached hydrogen (secondary N) is 1. The van der Waals surface area contributed by atoms with Crippen molar-refractivity contribution in [3.05, 3.63) is 34.3 Å². The molecule has 4 nitrogen and oxygen atoms in total. The van der Waals surface area contributed by atoms with E-state index in [1.165, 1.54) is 4.88 Å². The van der Waals surface area contributed by atoms with Crippen molar-refractivity contribution in [2.24, 2.45) is 0 Å². The van der Waals surface area contributed by atoms with E-state index >= 15 is 0 Å². The van der Waals surface area contributed by atoms with Crippen molar-refractivity contribution in [2.75, 3.05) is 11.9 Å². The van der Waals surface area contributed by atoms with Crippen LogP contribution in [0.25, 0.3) is 0 Å². The second-order valence-electron chi connectivity index (χ2n) is 5.66. The summed E-state index contributed by atoms with van der Waals surface area (Å²) in [6.45, 7) is 7.95. The molecule has 5 heteroatoms. The third-order valence-electron chi connectivity index (χ3n) is 2.64. The smallest absolute Gasteiger partial charge is 0.297 e. The van der Waals surface area contributed by atoms with Crippen LogP contribution in [0.4, 0.5) is 6.01 Å². The van der Waals surface area contributed by atoms with E-state index < -0.39 is 0 Å². The van der Waals surface area contributed by atoms with Crippen LogP contribution in [0.15, 0.2) is 28.2 Å². The highest BCUT2D eigenvalue weighted by atomic mass is 32.1. The summed E-state index contributed by atoms with van der Waals surface area (Å²) in [6.07, 6.45) is 1.72. The van der Waals surface area contributed by atoms with Crippen LogP contribution in [0.3, 0.4) is 0 Å². The van der Waals surface area contributed by atoms with Crippen LogP contribution in [-0.4, -0.2) is 17.6 Å². The number of aromatic nitrogens is 1. The molecular formula is C14H21N3OS. The normalized spacial score (nSPS) is 11.8. The number of oxazole rings is 1. The van der Waals surface area contributed by atoms with Gasteiger partial charge in [0.2, 0.25) is 0 Å². The first kappa shape index (κ1) is 14.1. The second kappa shape index (κ2) is 5.75. The monoisotopic (exact) mass is 279 g/mol. The molecule has 104 valence electrons. The van der Waals surface area contributed by atoms with Crippen LogP contribution in [0.1, 0.15) is 31.3 Å². The molecule has 0 aliphatic heterocycles. The average Bonchev–Trinajstić information content (AvgIpc) is 2.95. The summed E-state index contributed by atoms with van der Waals surface area (Å²) in [7, 11) is 1.99. The SMILES string of the molecule is CN(Cc1cccs1)c1nc(CNC(C)(C)C)co1. The van der Waals surface area contributed by atoms with E-state index in [4.69, 9.17) is 4.42 Å². The van der Waals surface area contributed by atoms with Gasteiger partial charge in [-0.3, -0.25) is 0 Å². The highest BCUT2D eigenvalue weighted by Gasteiger charge is 2.13. The molecule has 2 heterocycles. The zero-order chi connectivity index (χ0) is 13.9. The Balaban J connectivity index is 1.92. The fourth-order valence-corrected chi connectivity index (χ4v) is 2.37. The maximum Gasteiger partial charge on any atom is 0.297 e. The van der Waals surface area contributed by atoms with E-state index in [0.29, 0.717) is 6.01 Å². The summed E-state index contributed by atoms with van der Waals surface area (Å²) in [6, 6.07) is 4.84. The van der Waals surface area contributed by atoms with Crippen LogP contribution in [0, 0.1) is 0 Å². The molecule has 0 spiro atoms. The van der Waals surface area contributed by atoms with Crippen molar-refractivity contribution in [1.29, 1.82) is 0 Å². The van der Waals surface area contributed by atoms with Gasteiger partial charge in [0.1, 0.15) is 6.26 Å². The van der Waals surface area contributed by atoms with Gasteiger partial charge in [0.05, 0.1) is 12.2 Å². The molecular weight excluding hydrogens is 258 g/mol. The Labute approximate surface area is 118 Å². The fraction of sp³-hybridized carbons (Fsp3) is 0.500. The number of hydrogen-bond donors (Lipinski definition) is 1. The van der Waals surface area contributed by atoms with Gasteiger partial charge in [0.25, 0.3) is 6.01 Å². The minimum atomic E-state index is 0.0853. The number of rotatable bonds is 5. The number of anilines is 1. The number of thiophene rings is 1. The lowest BCUT2D eigenvalue weighted by Gasteiger charge is -2.19. The Morgan fingerprint density at radius 2 is 2.21 bits per heavy atom. The predicted octanol–water partition coefficient (Wildman–Crippen LogP) is 3.26. The van der Waals surface area contributed by atoms with E-state index in [9.17, 15) is 0 Å². The zero-order valence-corrected chi connectivity index (χ0v) is 12.8. The standard InChI is InChI=1S/C14H21N3OS/c1-14(2,3)15-8-11-10-18-13(16-11)17(4)9-12-6-5-7-19-12/h5-7,10,15H,8-9H2,1-4H3. The van der Waals surface area contributed by atoms with Gasteiger partial charge in [-0.2, -0.15) is 4.98 Å². The third kappa shape index (κ3) is 4.36. The van der Waals surface area contributed by atoms with E-state index in [0.717, 1.165) is 18.8 Å². The molecule has 2 aromatic heterocycles. The van der Waals surface area contributed by atoms with E-state index in [1.807, 2.05) is 11.9 Å². The lowest BCUT2D eigenvalue weighted by molar-refractivity contribution is 0.421. The number of nitrogens with zero attached hydrogens (tertiary/aromatic N) is 2. The lowest BCUT2D eigenvalue weighted by Crippen LogP contribution is -2.35. The summed E-state index contributed by atoms with van der Waals surface area (Å²) < 4.78 is 5.52. The van der Waals surface area contributed by atoms with Crippen molar-refractivity contribution < 1.29 is 4.42 Å². The first-order valence-electron chi connectivity index (χ1n) is 6.37. The van der Waals surface area contributed by atoms with Gasteiger partial charge in [-0.25, -0.2) is 0 Å². The van der Waals surface area contributed by atoms with Gasteiger partial charge in [-0.1, -0.05) is 6.07 Å². The van der Waals surface area contributed by atoms with Crippen molar-refractivity contribution in [3.63, 3.8) is 0 Å². The molecule has 0 saturated carbocycles. The fourth-order valence-electron chi connectivity index (χ4n) is 1.61. The molecule has 0 radical (unpaired) electrons. The topological polar surface area (TPSA) is 41.3 Å². The van der Waals surface area contributed by atoms with Gasteiger partial charge in [-0.15, -0.1) is 11.3 Å². The quantitative estimate of drug-likeness (QED) is 0.912. The summed E-state index contributed by atoms with van der Waals surface area (Å²) in [5.41, 5.74) is 1.02. The number of hydrogen-bond acceptors (Lipinski definition) is 5. The van der Waals surface area contributed by atoms with Gasteiger partial charge in [0.15, 0.2) is 0 Å². The molecule has 1 N–H and O–H groups in total. The molecule has 0 bridgehead atoms. The minimum absolute atomic E-state index is 0.0853. The molecule has 2 rings (SSSR count). The molecule has 0 saturated heterocycles. The Morgan fingerprint density at radius 1 is 1.42 bits per heavy atom. The molecule has 0 aliphatic rings. The lowest BCUT2D eigenvalue weighted by atomic mass is 10.1. The Kier molecular flexibility index (Phi) is 4.27. The summed E-state index contributed by atoms with van der Waals surface area (Å²) >= 11 is 1.74. The molecule has 19 heavy (non-hydrogen) atoms. The van der Waals surface area contributed by atoms with Crippen LogP contribution < -0.4 is 10.2 Å². The second-order valence-corrected chi connectivity index (χ2v) is 6.69. The van der Waals surface area contributed by atoms with Crippen molar-refractivity contribution in [1.82, 2.24) is 10.3 Å². The van der Waals surface area contributed by atoms with Crippen LogP contribution in [0.2, 0.25) is 0 Å². The largest absolute Gasteiger partial charge is 0.432 e. The maximum atomic E-state index is 5.52. The van der Waals surface area contributed by atoms with Gasteiger partial charge in [0, 0.05) is 24.0 Å². The highest BCUT2D eigenvalue weighted by Crippen LogP contribution is 2.17. The molecule has 0 aliphatic carbocycles. The first-order valence-corrected chi connectivity index (χ1v) is 7.25. The van der Waals surface area contributed by atoms with Crippen LogP contribution in [-0.2, 0) is 13.1 Å². The minimum Gasteiger partial charge on any atom is -0.432 e. The average molecular weight is 279 g/mol. The molecule has 0 fully saturated rings.